The maximum atomic E-state index is 10.3. The molecule has 3 rings (SSSR count). The first-order valence-electron chi connectivity index (χ1n) is 6.42. The lowest BCUT2D eigenvalue weighted by Gasteiger charge is -2.34. The Balaban J connectivity index is 2.37. The molecule has 1 heterocycles. The molecule has 2 aromatic rings. The fourth-order valence-electron chi connectivity index (χ4n) is 2.73. The number of ether oxygens (including phenoxy) is 1. The Morgan fingerprint density at radius 3 is 2.56 bits per heavy atom. The van der Waals surface area contributed by atoms with Gasteiger partial charge in [-0.25, -0.2) is 0 Å². The number of rotatable bonds is 0. The van der Waals surface area contributed by atoms with Gasteiger partial charge in [0, 0.05) is 10.9 Å². The Labute approximate surface area is 107 Å². The van der Waals surface area contributed by atoms with Crippen LogP contribution in [0.15, 0.2) is 24.3 Å². The molecular weight excluding hydrogens is 224 g/mol. The van der Waals surface area contributed by atoms with Crippen LogP contribution < -0.4 is 4.74 Å². The van der Waals surface area contributed by atoms with Gasteiger partial charge in [-0.1, -0.05) is 24.3 Å². The molecule has 0 radical (unpaired) electrons. The predicted octanol–water partition coefficient (Wildman–Crippen LogP) is 3.96. The van der Waals surface area contributed by atoms with Crippen molar-refractivity contribution in [1.29, 1.82) is 0 Å². The van der Waals surface area contributed by atoms with Crippen LogP contribution >= 0.6 is 0 Å². The second-order valence-electron chi connectivity index (χ2n) is 5.69. The largest absolute Gasteiger partial charge is 0.507 e. The minimum absolute atomic E-state index is 0.155. The van der Waals surface area contributed by atoms with Gasteiger partial charge in [0.15, 0.2) is 0 Å². The van der Waals surface area contributed by atoms with E-state index in [1.807, 2.05) is 25.1 Å². The highest BCUT2D eigenvalue weighted by Crippen LogP contribution is 2.45. The Morgan fingerprint density at radius 1 is 1.17 bits per heavy atom. The molecule has 2 nitrogen and oxygen atoms in total. The minimum Gasteiger partial charge on any atom is -0.507 e. The summed E-state index contributed by atoms with van der Waals surface area (Å²) in [6.07, 6.45) is 1.81. The van der Waals surface area contributed by atoms with Crippen LogP contribution in [0.5, 0.6) is 11.5 Å². The summed E-state index contributed by atoms with van der Waals surface area (Å²) in [5, 5.41) is 12.5. The van der Waals surface area contributed by atoms with Crippen LogP contribution in [0.3, 0.4) is 0 Å². The Hall–Kier alpha value is -1.70. The van der Waals surface area contributed by atoms with E-state index in [4.69, 9.17) is 4.74 Å². The molecule has 0 bridgehead atoms. The third-order valence-electron chi connectivity index (χ3n) is 3.85. The van der Waals surface area contributed by atoms with Crippen molar-refractivity contribution >= 4 is 10.8 Å². The molecule has 94 valence electrons. The summed E-state index contributed by atoms with van der Waals surface area (Å²) in [6.45, 7) is 6.17. The number of aromatic hydroxyl groups is 1. The van der Waals surface area contributed by atoms with Gasteiger partial charge in [0.2, 0.25) is 0 Å². The number of aryl methyl sites for hydroxylation is 1. The van der Waals surface area contributed by atoms with E-state index in [0.717, 1.165) is 40.5 Å². The summed E-state index contributed by atoms with van der Waals surface area (Å²) in [5.41, 5.74) is 1.76. The number of hydrogen-bond acceptors (Lipinski definition) is 2. The molecule has 2 heteroatoms. The van der Waals surface area contributed by atoms with E-state index in [1.165, 1.54) is 0 Å². The third-order valence-corrected chi connectivity index (χ3v) is 3.85. The van der Waals surface area contributed by atoms with Crippen LogP contribution in [0.1, 0.15) is 31.4 Å². The van der Waals surface area contributed by atoms with Crippen LogP contribution in [0, 0.1) is 6.92 Å². The molecule has 1 N–H and O–H groups in total. The van der Waals surface area contributed by atoms with Crippen molar-refractivity contribution in [3.05, 3.63) is 35.4 Å². The molecule has 0 fully saturated rings. The van der Waals surface area contributed by atoms with E-state index in [2.05, 4.69) is 19.9 Å². The summed E-state index contributed by atoms with van der Waals surface area (Å²) in [6, 6.07) is 8.12. The molecule has 1 aliphatic rings. The zero-order valence-corrected chi connectivity index (χ0v) is 11.1. The first-order valence-corrected chi connectivity index (χ1v) is 6.42. The van der Waals surface area contributed by atoms with Crippen molar-refractivity contribution in [2.75, 3.05) is 0 Å². The van der Waals surface area contributed by atoms with Gasteiger partial charge in [0.05, 0.1) is 0 Å². The van der Waals surface area contributed by atoms with Crippen molar-refractivity contribution in [3.8, 4) is 11.5 Å². The quantitative estimate of drug-likeness (QED) is 0.757. The molecule has 18 heavy (non-hydrogen) atoms. The summed E-state index contributed by atoms with van der Waals surface area (Å²) < 4.78 is 6.11. The van der Waals surface area contributed by atoms with Crippen molar-refractivity contribution in [1.82, 2.24) is 0 Å². The van der Waals surface area contributed by atoms with Gasteiger partial charge < -0.3 is 9.84 Å². The summed E-state index contributed by atoms with van der Waals surface area (Å²) in [7, 11) is 0. The highest BCUT2D eigenvalue weighted by Gasteiger charge is 2.30. The lowest BCUT2D eigenvalue weighted by atomic mass is 9.89. The van der Waals surface area contributed by atoms with Crippen LogP contribution in [-0.4, -0.2) is 10.7 Å². The third kappa shape index (κ3) is 1.56. The number of fused-ring (bicyclic) bond motifs is 3. The maximum absolute atomic E-state index is 10.3. The SMILES string of the molecule is Cc1c(O)c2c(c3ccccc13)OC(C)(C)CC2. The van der Waals surface area contributed by atoms with Gasteiger partial charge in [-0.3, -0.25) is 0 Å². The molecular formula is C16H18O2. The zero-order valence-electron chi connectivity index (χ0n) is 11.1. The van der Waals surface area contributed by atoms with Crippen molar-refractivity contribution < 1.29 is 9.84 Å². The molecule has 0 atom stereocenters. The fourth-order valence-corrected chi connectivity index (χ4v) is 2.73. The molecule has 0 saturated heterocycles. The van der Waals surface area contributed by atoms with Gasteiger partial charge in [-0.05, 0) is 44.6 Å². The Kier molecular flexibility index (Phi) is 2.31. The van der Waals surface area contributed by atoms with Gasteiger partial charge in [-0.2, -0.15) is 0 Å². The van der Waals surface area contributed by atoms with Gasteiger partial charge in [-0.15, -0.1) is 0 Å². The fraction of sp³-hybridized carbons (Fsp3) is 0.375. The predicted molar refractivity (Wildman–Crippen MR) is 73.4 cm³/mol. The smallest absolute Gasteiger partial charge is 0.134 e. The van der Waals surface area contributed by atoms with Crippen LogP contribution in [0.2, 0.25) is 0 Å². The van der Waals surface area contributed by atoms with Crippen LogP contribution in [-0.2, 0) is 6.42 Å². The second-order valence-corrected chi connectivity index (χ2v) is 5.69. The van der Waals surface area contributed by atoms with Crippen molar-refractivity contribution in [3.63, 3.8) is 0 Å². The number of phenolic OH excluding ortho intramolecular Hbond substituents is 1. The molecule has 0 saturated carbocycles. The molecule has 1 aliphatic heterocycles. The van der Waals surface area contributed by atoms with E-state index >= 15 is 0 Å². The van der Waals surface area contributed by atoms with Gasteiger partial charge in [0.25, 0.3) is 0 Å². The average Bonchev–Trinajstić information content (AvgIpc) is 2.35. The number of benzene rings is 2. The number of phenols is 1. The average molecular weight is 242 g/mol. The van der Waals surface area contributed by atoms with E-state index in [1.54, 1.807) is 0 Å². The van der Waals surface area contributed by atoms with Crippen molar-refractivity contribution in [2.45, 2.75) is 39.2 Å². The molecule has 0 amide bonds. The lowest BCUT2D eigenvalue weighted by molar-refractivity contribution is 0.0859. The monoisotopic (exact) mass is 242 g/mol. The molecule has 0 aliphatic carbocycles. The topological polar surface area (TPSA) is 29.5 Å². The van der Waals surface area contributed by atoms with Crippen LogP contribution in [0.25, 0.3) is 10.8 Å². The van der Waals surface area contributed by atoms with E-state index < -0.39 is 0 Å². The molecule has 2 aromatic carbocycles. The van der Waals surface area contributed by atoms with E-state index in [9.17, 15) is 5.11 Å². The maximum Gasteiger partial charge on any atom is 0.134 e. The summed E-state index contributed by atoms with van der Waals surface area (Å²) in [4.78, 5) is 0. The van der Waals surface area contributed by atoms with Gasteiger partial charge >= 0.3 is 0 Å². The van der Waals surface area contributed by atoms with E-state index in [0.29, 0.717) is 5.75 Å². The Bertz CT molecular complexity index is 627. The second kappa shape index (κ2) is 3.64. The van der Waals surface area contributed by atoms with Crippen LogP contribution in [0.4, 0.5) is 0 Å². The lowest BCUT2D eigenvalue weighted by Crippen LogP contribution is -2.32. The summed E-state index contributed by atoms with van der Waals surface area (Å²) >= 11 is 0. The highest BCUT2D eigenvalue weighted by molar-refractivity contribution is 5.94. The Morgan fingerprint density at radius 2 is 1.83 bits per heavy atom. The molecule has 0 unspecified atom stereocenters. The first kappa shape index (κ1) is 11.4. The highest BCUT2D eigenvalue weighted by atomic mass is 16.5. The van der Waals surface area contributed by atoms with Crippen molar-refractivity contribution in [2.24, 2.45) is 0 Å². The zero-order chi connectivity index (χ0) is 12.9. The molecule has 0 aromatic heterocycles. The summed E-state index contributed by atoms with van der Waals surface area (Å²) in [5.74, 6) is 1.27. The normalized spacial score (nSPS) is 17.3. The van der Waals surface area contributed by atoms with Gasteiger partial charge in [0.1, 0.15) is 17.1 Å². The van der Waals surface area contributed by atoms with E-state index in [-0.39, 0.29) is 5.60 Å². The first-order chi connectivity index (χ1) is 8.49. The number of hydrogen-bond donors (Lipinski definition) is 1. The standard InChI is InChI=1S/C16H18O2/c1-10-11-6-4-5-7-12(11)15-13(14(10)17)8-9-16(2,3)18-15/h4-7,17H,8-9H2,1-3H3. The minimum atomic E-state index is -0.155. The molecule has 0 spiro atoms.